The Labute approximate surface area is 276 Å². The van der Waals surface area contributed by atoms with Gasteiger partial charge >= 0.3 is 35.8 Å². The van der Waals surface area contributed by atoms with Crippen LogP contribution in [0.2, 0.25) is 0 Å². The number of ether oxygens (including phenoxy) is 12. The molecule has 0 unspecified atom stereocenters. The van der Waals surface area contributed by atoms with Crippen LogP contribution in [0, 0.1) is 0 Å². The normalized spacial score (nSPS) is 12.8. The number of esters is 2. The third-order valence-corrected chi connectivity index (χ3v) is 6.10. The molecule has 0 amide bonds. The molecule has 46 heavy (non-hydrogen) atoms. The van der Waals surface area contributed by atoms with Crippen LogP contribution in [0.15, 0.2) is 0 Å². The second kappa shape index (κ2) is 24.6. The number of hydrogen-bond donors (Lipinski definition) is 0. The van der Waals surface area contributed by atoms with Crippen molar-refractivity contribution >= 4 is 11.9 Å². The lowest BCUT2D eigenvalue weighted by molar-refractivity contribution is -0.549. The van der Waals surface area contributed by atoms with Gasteiger partial charge in [0.05, 0.1) is 26.4 Å². The van der Waals surface area contributed by atoms with Gasteiger partial charge < -0.3 is 56.8 Å². The number of carbonyl (C=O) groups excluding carboxylic acids is 2. The zero-order valence-electron chi connectivity index (χ0n) is 30.0. The van der Waals surface area contributed by atoms with Gasteiger partial charge in [0.25, 0.3) is 0 Å². The smallest absolute Gasteiger partial charge is 0.401 e. The topological polar surface area (TPSA) is 145 Å². The Kier molecular flexibility index (Phi) is 23.9. The highest BCUT2D eigenvalue weighted by molar-refractivity contribution is 5.70. The average molecular weight is 671 g/mol. The fraction of sp³-hybridized carbons (Fsp3) is 0.938. The van der Waals surface area contributed by atoms with E-state index in [1.807, 2.05) is 0 Å². The van der Waals surface area contributed by atoms with Crippen LogP contribution in [0.5, 0.6) is 0 Å². The Morgan fingerprint density at radius 1 is 0.326 bits per heavy atom. The van der Waals surface area contributed by atoms with Crippen LogP contribution in [0.3, 0.4) is 0 Å². The summed E-state index contributed by atoms with van der Waals surface area (Å²) in [5.41, 5.74) is 0. The molecule has 0 spiro atoms. The van der Waals surface area contributed by atoms with E-state index in [-0.39, 0.29) is 78.9 Å². The summed E-state index contributed by atoms with van der Waals surface area (Å²) in [7, 11) is 0. The monoisotopic (exact) mass is 670 g/mol. The third-order valence-electron chi connectivity index (χ3n) is 6.10. The highest BCUT2D eigenvalue weighted by Gasteiger charge is 2.64. The van der Waals surface area contributed by atoms with Gasteiger partial charge in [-0.1, -0.05) is 12.8 Å². The summed E-state index contributed by atoms with van der Waals surface area (Å²) in [5, 5.41) is 0. The van der Waals surface area contributed by atoms with Crippen LogP contribution in [0.1, 0.15) is 108 Å². The van der Waals surface area contributed by atoms with Crippen molar-refractivity contribution in [3.8, 4) is 0 Å². The first-order valence-corrected chi connectivity index (χ1v) is 16.9. The van der Waals surface area contributed by atoms with Crippen molar-refractivity contribution in [2.75, 3.05) is 66.1 Å². The SMILES string of the molecule is CCOC(OCC)(OCC)C(OCC)(OCC)OC(=O)CCCCCCC(=O)OC(OCC)(OCC)C(OCC)(OCC)OCC. The molecule has 0 aromatic heterocycles. The lowest BCUT2D eigenvalue weighted by Gasteiger charge is -2.44. The summed E-state index contributed by atoms with van der Waals surface area (Å²) in [6, 6.07) is 0. The van der Waals surface area contributed by atoms with Gasteiger partial charge in [-0.3, -0.25) is 9.59 Å². The molecule has 0 saturated carbocycles. The fourth-order valence-electron chi connectivity index (χ4n) is 4.65. The molecule has 14 nitrogen and oxygen atoms in total. The maximum absolute atomic E-state index is 13.1. The van der Waals surface area contributed by atoms with Gasteiger partial charge in [-0.25, -0.2) is 0 Å². The minimum absolute atomic E-state index is 0.0597. The molecule has 0 aromatic carbocycles. The van der Waals surface area contributed by atoms with Gasteiger partial charge in [-0.2, -0.15) is 0 Å². The molecular weight excluding hydrogens is 608 g/mol. The largest absolute Gasteiger partial charge is 0.416 e. The second-order valence-electron chi connectivity index (χ2n) is 9.42. The van der Waals surface area contributed by atoms with E-state index in [0.29, 0.717) is 25.7 Å². The molecule has 0 aliphatic carbocycles. The highest BCUT2D eigenvalue weighted by atomic mass is 17.0. The van der Waals surface area contributed by atoms with Gasteiger partial charge in [-0.05, 0) is 82.1 Å². The molecule has 0 atom stereocenters. The maximum atomic E-state index is 13.1. The lowest BCUT2D eigenvalue weighted by atomic mass is 10.1. The molecule has 0 heterocycles. The zero-order valence-corrected chi connectivity index (χ0v) is 30.0. The zero-order chi connectivity index (χ0) is 35.0. The van der Waals surface area contributed by atoms with Crippen molar-refractivity contribution in [1.29, 1.82) is 0 Å². The Balaban J connectivity index is 5.45. The summed E-state index contributed by atoms with van der Waals surface area (Å²) >= 11 is 0. The summed E-state index contributed by atoms with van der Waals surface area (Å²) in [4.78, 5) is 26.1. The predicted octanol–water partition coefficient (Wildman–Crippen LogP) is 5.39. The van der Waals surface area contributed by atoms with Gasteiger partial charge in [-0.15, -0.1) is 0 Å². The molecule has 0 aromatic rings. The summed E-state index contributed by atoms with van der Waals surface area (Å²) in [6.07, 6.45) is 2.35. The van der Waals surface area contributed by atoms with E-state index >= 15 is 0 Å². The van der Waals surface area contributed by atoms with E-state index in [4.69, 9.17) is 56.8 Å². The fourth-order valence-corrected chi connectivity index (χ4v) is 4.65. The molecule has 0 fully saturated rings. The van der Waals surface area contributed by atoms with Gasteiger partial charge in [0, 0.05) is 52.5 Å². The first kappa shape index (κ1) is 44.5. The van der Waals surface area contributed by atoms with Gasteiger partial charge in [0.1, 0.15) is 0 Å². The molecule has 0 aliphatic heterocycles. The van der Waals surface area contributed by atoms with E-state index in [1.165, 1.54) is 0 Å². The van der Waals surface area contributed by atoms with Crippen molar-refractivity contribution in [3.63, 3.8) is 0 Å². The Bertz CT molecular complexity index is 683. The average Bonchev–Trinajstić information content (AvgIpc) is 3.00. The van der Waals surface area contributed by atoms with Crippen molar-refractivity contribution in [2.45, 2.75) is 132 Å². The Morgan fingerprint density at radius 2 is 0.522 bits per heavy atom. The first-order valence-electron chi connectivity index (χ1n) is 16.9. The Morgan fingerprint density at radius 3 is 0.717 bits per heavy atom. The molecule has 0 N–H and O–H groups in total. The van der Waals surface area contributed by atoms with E-state index in [0.717, 1.165) is 0 Å². The van der Waals surface area contributed by atoms with Gasteiger partial charge in [0.2, 0.25) is 0 Å². The molecule has 0 saturated heterocycles. The summed E-state index contributed by atoms with van der Waals surface area (Å²) < 4.78 is 69.9. The molecule has 14 heteroatoms. The summed E-state index contributed by atoms with van der Waals surface area (Å²) in [5.74, 6) is -9.16. The minimum Gasteiger partial charge on any atom is -0.401 e. The maximum Gasteiger partial charge on any atom is 0.416 e. The van der Waals surface area contributed by atoms with Gasteiger partial charge in [0.15, 0.2) is 0 Å². The van der Waals surface area contributed by atoms with Crippen LogP contribution in [-0.4, -0.2) is 102 Å². The molecule has 0 bridgehead atoms. The minimum atomic E-state index is -2.08. The molecule has 0 rings (SSSR count). The van der Waals surface area contributed by atoms with Crippen LogP contribution in [0.25, 0.3) is 0 Å². The van der Waals surface area contributed by atoms with E-state index in [1.54, 1.807) is 69.2 Å². The van der Waals surface area contributed by atoms with Crippen molar-refractivity contribution in [2.24, 2.45) is 0 Å². The van der Waals surface area contributed by atoms with E-state index in [2.05, 4.69) is 0 Å². The van der Waals surface area contributed by atoms with Crippen LogP contribution >= 0.6 is 0 Å². The van der Waals surface area contributed by atoms with E-state index < -0.39 is 35.8 Å². The van der Waals surface area contributed by atoms with Crippen molar-refractivity contribution in [3.05, 3.63) is 0 Å². The quantitative estimate of drug-likeness (QED) is 0.0527. The predicted molar refractivity (Wildman–Crippen MR) is 167 cm³/mol. The highest BCUT2D eigenvalue weighted by Crippen LogP contribution is 2.38. The Hall–Kier alpha value is -1.46. The number of unbranched alkanes of at least 4 members (excludes halogenated alkanes) is 3. The molecular formula is C32H62O14. The van der Waals surface area contributed by atoms with Crippen LogP contribution < -0.4 is 0 Å². The lowest BCUT2D eigenvalue weighted by Crippen LogP contribution is -2.64. The molecule has 0 aliphatic rings. The summed E-state index contributed by atoms with van der Waals surface area (Å²) in [6.45, 7) is 19.1. The molecule has 274 valence electrons. The standard InChI is InChI=1S/C32H62O14/c1-11-35-29(36-12-2,37-13-3)31(41-17-7,42-18-8)45-27(33)25-23-21-22-24-26-28(34)46-32(43-19-9,44-20-10)30(38-14-4,39-15-5)40-16-6/h11-26H2,1-10H3. The number of carbonyl (C=O) groups is 2. The third kappa shape index (κ3) is 12.9. The molecule has 0 radical (unpaired) electrons. The van der Waals surface area contributed by atoms with Crippen LogP contribution in [0.4, 0.5) is 0 Å². The van der Waals surface area contributed by atoms with Crippen molar-refractivity contribution in [1.82, 2.24) is 0 Å². The van der Waals surface area contributed by atoms with Crippen molar-refractivity contribution < 1.29 is 66.4 Å². The second-order valence-corrected chi connectivity index (χ2v) is 9.42. The van der Waals surface area contributed by atoms with E-state index in [9.17, 15) is 9.59 Å². The number of hydrogen-bond acceptors (Lipinski definition) is 14. The van der Waals surface area contributed by atoms with Crippen LogP contribution in [-0.2, 0) is 66.4 Å². The first-order chi connectivity index (χ1) is 22.1. The number of rotatable bonds is 31.